The van der Waals surface area contributed by atoms with Gasteiger partial charge in [0.15, 0.2) is 0 Å². The van der Waals surface area contributed by atoms with Gasteiger partial charge in [0.2, 0.25) is 0 Å². The van der Waals surface area contributed by atoms with Crippen LogP contribution in [0.3, 0.4) is 0 Å². The van der Waals surface area contributed by atoms with Crippen LogP contribution < -0.4 is 10.3 Å². The third kappa shape index (κ3) is 3.63. The summed E-state index contributed by atoms with van der Waals surface area (Å²) in [6.07, 6.45) is 1.32. The number of nitrogens with zero attached hydrogens (tertiary/aromatic N) is 2. The van der Waals surface area contributed by atoms with Gasteiger partial charge in [-0.15, -0.1) is 0 Å². The van der Waals surface area contributed by atoms with E-state index in [2.05, 4.69) is 15.4 Å². The third-order valence-electron chi connectivity index (χ3n) is 4.91. The number of carbonyl (C=O) groups excluding carboxylic acids is 1. The van der Waals surface area contributed by atoms with E-state index in [4.69, 9.17) is 16.3 Å². The summed E-state index contributed by atoms with van der Waals surface area (Å²) >= 11 is 6.19. The molecule has 1 fully saturated rings. The lowest BCUT2D eigenvalue weighted by molar-refractivity contribution is 0.0954. The highest BCUT2D eigenvalue weighted by Gasteiger charge is 2.24. The zero-order chi connectivity index (χ0) is 18.8. The van der Waals surface area contributed by atoms with Gasteiger partial charge in [0.25, 0.3) is 5.91 Å². The molecule has 0 spiro atoms. The second kappa shape index (κ2) is 7.58. The van der Waals surface area contributed by atoms with Crippen LogP contribution in [-0.2, 0) is 11.2 Å². The predicted molar refractivity (Wildman–Crippen MR) is 105 cm³/mol. The molecule has 1 aliphatic heterocycles. The van der Waals surface area contributed by atoms with Gasteiger partial charge in [-0.3, -0.25) is 4.79 Å². The summed E-state index contributed by atoms with van der Waals surface area (Å²) in [5.41, 5.74) is 6.29. The van der Waals surface area contributed by atoms with Crippen LogP contribution >= 0.6 is 11.6 Å². The Kier molecular flexibility index (Phi) is 5.01. The number of rotatable bonds is 3. The Labute approximate surface area is 162 Å². The number of carbonyl (C=O) groups is 1. The van der Waals surface area contributed by atoms with Gasteiger partial charge in [-0.1, -0.05) is 17.7 Å². The average molecular weight is 386 g/mol. The number of phenols is 1. The molecule has 2 N–H and O–H groups in total. The number of anilines is 1. The Balaban J connectivity index is 1.51. The molecule has 0 unspecified atom stereocenters. The van der Waals surface area contributed by atoms with Crippen molar-refractivity contribution in [2.45, 2.75) is 12.8 Å². The summed E-state index contributed by atoms with van der Waals surface area (Å²) < 4.78 is 5.37. The Morgan fingerprint density at radius 2 is 2.00 bits per heavy atom. The highest BCUT2D eigenvalue weighted by Crippen LogP contribution is 2.35. The largest absolute Gasteiger partial charge is 0.507 e. The number of halogens is 1. The Hall–Kier alpha value is -2.57. The first-order chi connectivity index (χ1) is 13.1. The van der Waals surface area contributed by atoms with Gasteiger partial charge in [0, 0.05) is 34.9 Å². The summed E-state index contributed by atoms with van der Waals surface area (Å²) in [7, 11) is 0. The van der Waals surface area contributed by atoms with Crippen LogP contribution in [0.15, 0.2) is 41.5 Å². The number of fused-ring (bicyclic) bond motifs is 1. The van der Waals surface area contributed by atoms with Crippen LogP contribution in [0.1, 0.15) is 27.9 Å². The van der Waals surface area contributed by atoms with Crippen LogP contribution in [0.4, 0.5) is 5.69 Å². The molecule has 1 aliphatic carbocycles. The first-order valence-corrected chi connectivity index (χ1v) is 9.31. The SMILES string of the molecule is O=C(N/N=C1\CCc2c(Cl)ccc(O)c21)c1cccc(N2CCOCC2)c1. The fraction of sp³-hybridized carbons (Fsp3) is 0.300. The molecule has 0 bridgehead atoms. The number of hydrazone groups is 1. The number of benzene rings is 2. The maximum atomic E-state index is 12.6. The standard InChI is InChI=1S/C20H20ClN3O3/c21-16-5-7-18(25)19-15(16)4-6-17(19)22-23-20(26)13-2-1-3-14(12-13)24-8-10-27-11-9-24/h1-3,5,7,12,25H,4,6,8-11H2,(H,23,26)/b22-17+. The second-order valence-electron chi connectivity index (χ2n) is 6.57. The Bertz CT molecular complexity index is 907. The quantitative estimate of drug-likeness (QED) is 0.796. The molecule has 6 nitrogen and oxygen atoms in total. The zero-order valence-corrected chi connectivity index (χ0v) is 15.5. The van der Waals surface area contributed by atoms with Crippen LogP contribution in [0.2, 0.25) is 5.02 Å². The van der Waals surface area contributed by atoms with Crippen molar-refractivity contribution in [2.75, 3.05) is 31.2 Å². The van der Waals surface area contributed by atoms with Gasteiger partial charge in [0.1, 0.15) is 5.75 Å². The van der Waals surface area contributed by atoms with Crippen molar-refractivity contribution in [3.63, 3.8) is 0 Å². The summed E-state index contributed by atoms with van der Waals surface area (Å²) in [5, 5.41) is 15.0. The van der Waals surface area contributed by atoms with Crippen molar-refractivity contribution in [3.05, 3.63) is 58.1 Å². The van der Waals surface area contributed by atoms with Crippen molar-refractivity contribution in [2.24, 2.45) is 5.10 Å². The van der Waals surface area contributed by atoms with E-state index in [1.165, 1.54) is 0 Å². The van der Waals surface area contributed by atoms with Crippen LogP contribution in [0, 0.1) is 0 Å². The smallest absolute Gasteiger partial charge is 0.271 e. The molecular formula is C20H20ClN3O3. The fourth-order valence-corrected chi connectivity index (χ4v) is 3.76. The zero-order valence-electron chi connectivity index (χ0n) is 14.7. The Morgan fingerprint density at radius 1 is 1.19 bits per heavy atom. The molecule has 2 aromatic rings. The molecule has 0 atom stereocenters. The highest BCUT2D eigenvalue weighted by molar-refractivity contribution is 6.32. The van der Waals surface area contributed by atoms with Gasteiger partial charge in [0.05, 0.1) is 18.9 Å². The maximum absolute atomic E-state index is 12.6. The molecule has 0 radical (unpaired) electrons. The van der Waals surface area contributed by atoms with E-state index >= 15 is 0 Å². The molecule has 0 saturated carbocycles. The molecule has 27 heavy (non-hydrogen) atoms. The molecule has 0 aromatic heterocycles. The number of aromatic hydroxyl groups is 1. The van der Waals surface area contributed by atoms with Crippen LogP contribution in [0.5, 0.6) is 5.75 Å². The fourth-order valence-electron chi connectivity index (χ4n) is 3.50. The van der Waals surface area contributed by atoms with E-state index in [0.717, 1.165) is 24.3 Å². The lowest BCUT2D eigenvalue weighted by atomic mass is 10.1. The van der Waals surface area contributed by atoms with Gasteiger partial charge < -0.3 is 14.7 Å². The molecule has 2 aromatic carbocycles. The third-order valence-corrected chi connectivity index (χ3v) is 5.27. The highest BCUT2D eigenvalue weighted by atomic mass is 35.5. The van der Waals surface area contributed by atoms with E-state index in [0.29, 0.717) is 47.9 Å². The second-order valence-corrected chi connectivity index (χ2v) is 6.98. The van der Waals surface area contributed by atoms with Gasteiger partial charge in [-0.25, -0.2) is 5.43 Å². The van der Waals surface area contributed by atoms with Crippen molar-refractivity contribution < 1.29 is 14.6 Å². The number of morpholine rings is 1. The lowest BCUT2D eigenvalue weighted by Gasteiger charge is -2.29. The maximum Gasteiger partial charge on any atom is 0.271 e. The molecule has 4 rings (SSSR count). The summed E-state index contributed by atoms with van der Waals surface area (Å²) in [6, 6.07) is 10.7. The lowest BCUT2D eigenvalue weighted by Crippen LogP contribution is -2.36. The van der Waals surface area contributed by atoms with Crippen molar-refractivity contribution in [3.8, 4) is 5.75 Å². The van der Waals surface area contributed by atoms with E-state index in [-0.39, 0.29) is 11.7 Å². The van der Waals surface area contributed by atoms with Crippen molar-refractivity contribution in [1.82, 2.24) is 5.43 Å². The minimum Gasteiger partial charge on any atom is -0.507 e. The molecule has 2 aliphatic rings. The van der Waals surface area contributed by atoms with Gasteiger partial charge in [-0.05, 0) is 48.7 Å². The summed E-state index contributed by atoms with van der Waals surface area (Å²) in [6.45, 7) is 3.00. The Morgan fingerprint density at radius 3 is 2.81 bits per heavy atom. The minimum atomic E-state index is -0.285. The molecule has 7 heteroatoms. The van der Waals surface area contributed by atoms with Crippen molar-refractivity contribution in [1.29, 1.82) is 0 Å². The molecule has 1 amide bonds. The molecule has 1 heterocycles. The predicted octanol–water partition coefficient (Wildman–Crippen LogP) is 2.96. The summed E-state index contributed by atoms with van der Waals surface area (Å²) in [4.78, 5) is 14.7. The first-order valence-electron chi connectivity index (χ1n) is 8.94. The number of amides is 1. The van der Waals surface area contributed by atoms with Gasteiger partial charge >= 0.3 is 0 Å². The number of phenolic OH excluding ortho intramolecular Hbond substituents is 1. The monoisotopic (exact) mass is 385 g/mol. The van der Waals surface area contributed by atoms with E-state index in [1.54, 1.807) is 18.2 Å². The number of hydrogen-bond donors (Lipinski definition) is 2. The van der Waals surface area contributed by atoms with Crippen LogP contribution in [-0.4, -0.2) is 43.0 Å². The minimum absolute atomic E-state index is 0.134. The first kappa shape index (κ1) is 17.8. The van der Waals surface area contributed by atoms with Crippen LogP contribution in [0.25, 0.3) is 0 Å². The average Bonchev–Trinajstić information content (AvgIpc) is 3.15. The number of hydrogen-bond acceptors (Lipinski definition) is 5. The van der Waals surface area contributed by atoms with Crippen molar-refractivity contribution >= 4 is 28.9 Å². The topological polar surface area (TPSA) is 74.2 Å². The molecular weight excluding hydrogens is 366 g/mol. The normalized spacial score (nSPS) is 17.8. The molecule has 140 valence electrons. The number of ether oxygens (including phenoxy) is 1. The van der Waals surface area contributed by atoms with E-state index in [1.807, 2.05) is 18.2 Å². The van der Waals surface area contributed by atoms with E-state index in [9.17, 15) is 9.90 Å². The summed E-state index contributed by atoms with van der Waals surface area (Å²) in [5.74, 6) is -0.151. The number of nitrogens with one attached hydrogen (secondary N) is 1. The van der Waals surface area contributed by atoms with E-state index < -0.39 is 0 Å². The molecule has 1 saturated heterocycles. The van der Waals surface area contributed by atoms with Gasteiger partial charge in [-0.2, -0.15) is 5.10 Å².